The van der Waals surface area contributed by atoms with Crippen LogP contribution in [-0.2, 0) is 0 Å². The molecule has 76 valence electrons. The van der Waals surface area contributed by atoms with Crippen molar-refractivity contribution in [1.82, 2.24) is 4.57 Å². The zero-order valence-corrected chi connectivity index (χ0v) is 8.90. The first-order valence-electron chi connectivity index (χ1n) is 4.97. The SMILES string of the molecule is C/C=C/c1cn(C(C)=O)c2ccccc12. The zero-order valence-electron chi connectivity index (χ0n) is 8.90. The Labute approximate surface area is 88.8 Å². The number of hydrogen-bond donors (Lipinski definition) is 0. The van der Waals surface area contributed by atoms with Gasteiger partial charge in [0.15, 0.2) is 0 Å². The predicted molar refractivity (Wildman–Crippen MR) is 62.9 cm³/mol. The molecule has 2 rings (SSSR count). The monoisotopic (exact) mass is 199 g/mol. The van der Waals surface area contributed by atoms with E-state index in [1.165, 1.54) is 0 Å². The van der Waals surface area contributed by atoms with Crippen LogP contribution in [0.4, 0.5) is 0 Å². The maximum absolute atomic E-state index is 11.4. The molecule has 0 aliphatic carbocycles. The van der Waals surface area contributed by atoms with Crippen molar-refractivity contribution in [2.75, 3.05) is 0 Å². The third-order valence-electron chi connectivity index (χ3n) is 2.43. The third kappa shape index (κ3) is 1.59. The standard InChI is InChI=1S/C13H13NO/c1-3-6-11-9-14(10(2)15)13-8-5-4-7-12(11)13/h3-9H,1-2H3/b6-3+. The van der Waals surface area contributed by atoms with E-state index in [0.717, 1.165) is 16.5 Å². The number of carbonyl (C=O) groups excluding carboxylic acids is 1. The fourth-order valence-corrected chi connectivity index (χ4v) is 1.78. The van der Waals surface area contributed by atoms with Gasteiger partial charge in [-0.1, -0.05) is 30.4 Å². The Balaban J connectivity index is 2.79. The minimum atomic E-state index is 0.0435. The molecular weight excluding hydrogens is 186 g/mol. The van der Waals surface area contributed by atoms with Crippen molar-refractivity contribution in [2.45, 2.75) is 13.8 Å². The van der Waals surface area contributed by atoms with Gasteiger partial charge in [0, 0.05) is 24.1 Å². The lowest BCUT2D eigenvalue weighted by Crippen LogP contribution is -2.02. The van der Waals surface area contributed by atoms with Crippen molar-refractivity contribution < 1.29 is 4.79 Å². The average Bonchev–Trinajstić information content (AvgIpc) is 2.59. The van der Waals surface area contributed by atoms with Crippen LogP contribution in [0.3, 0.4) is 0 Å². The molecule has 0 saturated carbocycles. The highest BCUT2D eigenvalue weighted by molar-refractivity contribution is 5.96. The van der Waals surface area contributed by atoms with E-state index in [9.17, 15) is 4.79 Å². The van der Waals surface area contributed by atoms with Crippen molar-refractivity contribution in [1.29, 1.82) is 0 Å². The van der Waals surface area contributed by atoms with Crippen LogP contribution in [-0.4, -0.2) is 10.5 Å². The van der Waals surface area contributed by atoms with Crippen LogP contribution < -0.4 is 0 Å². The smallest absolute Gasteiger partial charge is 0.227 e. The molecular formula is C13H13NO. The molecule has 0 bridgehead atoms. The number of hydrogen-bond acceptors (Lipinski definition) is 1. The van der Waals surface area contributed by atoms with E-state index in [4.69, 9.17) is 0 Å². The van der Waals surface area contributed by atoms with E-state index in [1.54, 1.807) is 11.5 Å². The highest BCUT2D eigenvalue weighted by atomic mass is 16.1. The molecule has 0 N–H and O–H groups in total. The number of benzene rings is 1. The summed E-state index contributed by atoms with van der Waals surface area (Å²) in [5, 5.41) is 1.12. The van der Waals surface area contributed by atoms with Crippen molar-refractivity contribution in [3.8, 4) is 0 Å². The topological polar surface area (TPSA) is 22.0 Å². The number of carbonyl (C=O) groups is 1. The van der Waals surface area contributed by atoms with Crippen LogP contribution >= 0.6 is 0 Å². The number of para-hydroxylation sites is 1. The van der Waals surface area contributed by atoms with Crippen LogP contribution in [0.25, 0.3) is 17.0 Å². The third-order valence-corrected chi connectivity index (χ3v) is 2.43. The van der Waals surface area contributed by atoms with E-state index < -0.39 is 0 Å². The molecule has 0 spiro atoms. The molecule has 0 radical (unpaired) electrons. The van der Waals surface area contributed by atoms with Crippen molar-refractivity contribution in [2.24, 2.45) is 0 Å². The van der Waals surface area contributed by atoms with Gasteiger partial charge in [0.25, 0.3) is 0 Å². The highest BCUT2D eigenvalue weighted by Gasteiger charge is 2.07. The van der Waals surface area contributed by atoms with Gasteiger partial charge in [-0.2, -0.15) is 0 Å². The van der Waals surface area contributed by atoms with Gasteiger partial charge in [0.1, 0.15) is 0 Å². The molecule has 1 aromatic carbocycles. The molecule has 0 fully saturated rings. The van der Waals surface area contributed by atoms with Gasteiger partial charge in [-0.25, -0.2) is 0 Å². The summed E-state index contributed by atoms with van der Waals surface area (Å²) < 4.78 is 1.69. The summed E-state index contributed by atoms with van der Waals surface area (Å²) in [6.45, 7) is 3.55. The van der Waals surface area contributed by atoms with E-state index in [1.807, 2.05) is 49.5 Å². The number of fused-ring (bicyclic) bond motifs is 1. The Hall–Kier alpha value is -1.83. The molecule has 0 aliphatic rings. The summed E-state index contributed by atoms with van der Waals surface area (Å²) in [4.78, 5) is 11.4. The largest absolute Gasteiger partial charge is 0.287 e. The Morgan fingerprint density at radius 2 is 2.07 bits per heavy atom. The summed E-state index contributed by atoms with van der Waals surface area (Å²) >= 11 is 0. The molecule has 15 heavy (non-hydrogen) atoms. The number of rotatable bonds is 1. The van der Waals surface area contributed by atoms with Gasteiger partial charge in [-0.3, -0.25) is 9.36 Å². The first-order chi connectivity index (χ1) is 7.24. The maximum Gasteiger partial charge on any atom is 0.227 e. The number of aromatic nitrogens is 1. The zero-order chi connectivity index (χ0) is 10.8. The van der Waals surface area contributed by atoms with Crippen molar-refractivity contribution >= 4 is 22.9 Å². The van der Waals surface area contributed by atoms with Gasteiger partial charge in [-0.15, -0.1) is 0 Å². The quantitative estimate of drug-likeness (QED) is 0.690. The summed E-state index contributed by atoms with van der Waals surface area (Å²) in [5.41, 5.74) is 2.06. The van der Waals surface area contributed by atoms with Crippen molar-refractivity contribution in [3.05, 3.63) is 42.1 Å². The van der Waals surface area contributed by atoms with Crippen LogP contribution in [0.2, 0.25) is 0 Å². The van der Waals surface area contributed by atoms with E-state index in [0.29, 0.717) is 0 Å². The fraction of sp³-hybridized carbons (Fsp3) is 0.154. The molecule has 2 aromatic rings. The Morgan fingerprint density at radius 1 is 1.33 bits per heavy atom. The minimum absolute atomic E-state index is 0.0435. The van der Waals surface area contributed by atoms with Gasteiger partial charge in [0.05, 0.1) is 5.52 Å². The lowest BCUT2D eigenvalue weighted by Gasteiger charge is -1.96. The summed E-state index contributed by atoms with van der Waals surface area (Å²) in [5.74, 6) is 0.0435. The normalized spacial score (nSPS) is 11.3. The van der Waals surface area contributed by atoms with E-state index >= 15 is 0 Å². The first-order valence-corrected chi connectivity index (χ1v) is 4.97. The van der Waals surface area contributed by atoms with Crippen LogP contribution in [0, 0.1) is 0 Å². The Bertz CT molecular complexity index is 534. The second-order valence-corrected chi connectivity index (χ2v) is 3.49. The van der Waals surface area contributed by atoms with Crippen molar-refractivity contribution in [3.63, 3.8) is 0 Å². The fourth-order valence-electron chi connectivity index (χ4n) is 1.78. The minimum Gasteiger partial charge on any atom is -0.287 e. The summed E-state index contributed by atoms with van der Waals surface area (Å²) in [6.07, 6.45) is 5.88. The molecule has 1 aromatic heterocycles. The van der Waals surface area contributed by atoms with Gasteiger partial charge in [-0.05, 0) is 13.0 Å². The van der Waals surface area contributed by atoms with Crippen LogP contribution in [0.15, 0.2) is 36.5 Å². The molecule has 2 heteroatoms. The second kappa shape index (κ2) is 3.73. The van der Waals surface area contributed by atoms with Crippen LogP contribution in [0.1, 0.15) is 24.2 Å². The lowest BCUT2D eigenvalue weighted by atomic mass is 10.2. The first kappa shape index (κ1) is 9.71. The van der Waals surface area contributed by atoms with Crippen LogP contribution in [0.5, 0.6) is 0 Å². The average molecular weight is 199 g/mol. The molecule has 0 aliphatic heterocycles. The summed E-state index contributed by atoms with van der Waals surface area (Å²) in [6, 6.07) is 7.93. The van der Waals surface area contributed by atoms with Gasteiger partial charge in [0.2, 0.25) is 5.91 Å². The molecule has 0 saturated heterocycles. The van der Waals surface area contributed by atoms with E-state index in [2.05, 4.69) is 0 Å². The predicted octanol–water partition coefficient (Wildman–Crippen LogP) is 3.33. The Morgan fingerprint density at radius 3 is 2.73 bits per heavy atom. The molecule has 2 nitrogen and oxygen atoms in total. The number of nitrogens with zero attached hydrogens (tertiary/aromatic N) is 1. The van der Waals surface area contributed by atoms with Gasteiger partial charge >= 0.3 is 0 Å². The molecule has 0 amide bonds. The van der Waals surface area contributed by atoms with E-state index in [-0.39, 0.29) is 5.91 Å². The second-order valence-electron chi connectivity index (χ2n) is 3.49. The summed E-state index contributed by atoms with van der Waals surface area (Å²) in [7, 11) is 0. The number of allylic oxidation sites excluding steroid dienone is 1. The molecule has 1 heterocycles. The Kier molecular flexibility index (Phi) is 2.42. The van der Waals surface area contributed by atoms with Gasteiger partial charge < -0.3 is 0 Å². The maximum atomic E-state index is 11.4. The molecule has 0 unspecified atom stereocenters. The lowest BCUT2D eigenvalue weighted by molar-refractivity contribution is 0.0941. The highest BCUT2D eigenvalue weighted by Crippen LogP contribution is 2.22. The molecule has 0 atom stereocenters.